The predicted octanol–water partition coefficient (Wildman–Crippen LogP) is 4.77. The Balaban J connectivity index is 0.00000132. The molecular formula is C18H19BrN2. The van der Waals surface area contributed by atoms with E-state index >= 15 is 0 Å². The highest BCUT2D eigenvalue weighted by atomic mass is 79.9. The Bertz CT molecular complexity index is 789. The number of aromatic nitrogens is 2. The van der Waals surface area contributed by atoms with Gasteiger partial charge in [-0.25, -0.2) is 4.98 Å². The predicted molar refractivity (Wildman–Crippen MR) is 92.3 cm³/mol. The lowest BCUT2D eigenvalue weighted by atomic mass is 9.90. The van der Waals surface area contributed by atoms with Gasteiger partial charge in [0.1, 0.15) is 5.65 Å². The van der Waals surface area contributed by atoms with E-state index < -0.39 is 0 Å². The number of imidazole rings is 1. The summed E-state index contributed by atoms with van der Waals surface area (Å²) in [5, 5.41) is 0. The summed E-state index contributed by atoms with van der Waals surface area (Å²) >= 11 is 0. The van der Waals surface area contributed by atoms with E-state index in [1.165, 1.54) is 47.9 Å². The Labute approximate surface area is 135 Å². The Kier molecular flexibility index (Phi) is 3.85. The number of rotatable bonds is 1. The average Bonchev–Trinajstić information content (AvgIpc) is 2.89. The number of hydrogen-bond acceptors (Lipinski definition) is 1. The first kappa shape index (κ1) is 14.3. The smallest absolute Gasteiger partial charge is 0.137 e. The molecule has 0 fully saturated rings. The van der Waals surface area contributed by atoms with Gasteiger partial charge in [-0.15, -0.1) is 17.0 Å². The van der Waals surface area contributed by atoms with Crippen molar-refractivity contribution in [3.8, 4) is 11.3 Å². The van der Waals surface area contributed by atoms with Gasteiger partial charge in [-0.1, -0.05) is 12.1 Å². The third-order valence-corrected chi connectivity index (χ3v) is 4.26. The molecule has 0 N–H and O–H groups in total. The molecule has 4 rings (SSSR count). The molecule has 2 heterocycles. The second kappa shape index (κ2) is 5.64. The highest BCUT2D eigenvalue weighted by Crippen LogP contribution is 2.27. The fraction of sp³-hybridized carbons (Fsp3) is 0.278. The summed E-state index contributed by atoms with van der Waals surface area (Å²) < 4.78 is 2.10. The lowest BCUT2D eigenvalue weighted by molar-refractivity contribution is 0.686. The van der Waals surface area contributed by atoms with Crippen molar-refractivity contribution in [1.82, 2.24) is 9.38 Å². The number of hydrogen-bond donors (Lipinski definition) is 0. The van der Waals surface area contributed by atoms with Crippen molar-refractivity contribution in [2.45, 2.75) is 32.6 Å². The van der Waals surface area contributed by atoms with Gasteiger partial charge < -0.3 is 4.40 Å². The van der Waals surface area contributed by atoms with Gasteiger partial charge >= 0.3 is 0 Å². The Morgan fingerprint density at radius 2 is 1.81 bits per heavy atom. The highest BCUT2D eigenvalue weighted by molar-refractivity contribution is 8.93. The molecule has 0 saturated heterocycles. The summed E-state index contributed by atoms with van der Waals surface area (Å²) in [5.41, 5.74) is 7.63. The van der Waals surface area contributed by atoms with E-state index in [-0.39, 0.29) is 17.0 Å². The molecule has 0 bridgehead atoms. The maximum atomic E-state index is 4.76. The Hall–Kier alpha value is -1.61. The molecule has 108 valence electrons. The highest BCUT2D eigenvalue weighted by Gasteiger charge is 2.11. The van der Waals surface area contributed by atoms with Gasteiger partial charge in [-0.2, -0.15) is 0 Å². The molecule has 3 aromatic rings. The molecule has 0 atom stereocenters. The Morgan fingerprint density at radius 1 is 1.00 bits per heavy atom. The van der Waals surface area contributed by atoms with Gasteiger partial charge in [0.15, 0.2) is 0 Å². The third-order valence-electron chi connectivity index (χ3n) is 4.26. The van der Waals surface area contributed by atoms with Crippen LogP contribution in [0.15, 0.2) is 42.7 Å². The molecule has 0 saturated carbocycles. The standard InChI is InChI=1S/C18H18N2.BrH/c1-13-8-9-20-12-17(19-18(20)10-13)16-7-6-14-4-2-3-5-15(14)11-16;/h6-12H,2-5H2,1H3;1H. The molecule has 1 aliphatic carbocycles. The van der Waals surface area contributed by atoms with Crippen LogP contribution in [-0.2, 0) is 12.8 Å². The van der Waals surface area contributed by atoms with Crippen molar-refractivity contribution in [3.63, 3.8) is 0 Å². The second-order valence-electron chi connectivity index (χ2n) is 5.79. The molecule has 1 aromatic carbocycles. The van der Waals surface area contributed by atoms with Crippen molar-refractivity contribution in [2.75, 3.05) is 0 Å². The molecule has 0 amide bonds. The van der Waals surface area contributed by atoms with Gasteiger partial charge in [0.25, 0.3) is 0 Å². The summed E-state index contributed by atoms with van der Waals surface area (Å²) in [6.45, 7) is 2.10. The number of benzene rings is 1. The molecule has 21 heavy (non-hydrogen) atoms. The normalized spacial score (nSPS) is 13.8. The number of pyridine rings is 1. The number of halogens is 1. The fourth-order valence-electron chi connectivity index (χ4n) is 3.12. The van der Waals surface area contributed by atoms with Crippen LogP contribution in [0, 0.1) is 6.92 Å². The largest absolute Gasteiger partial charge is 0.306 e. The Morgan fingerprint density at radius 3 is 2.67 bits per heavy atom. The minimum atomic E-state index is 0. The molecule has 0 radical (unpaired) electrons. The van der Waals surface area contributed by atoms with Crippen LogP contribution in [0.2, 0.25) is 0 Å². The summed E-state index contributed by atoms with van der Waals surface area (Å²) in [7, 11) is 0. The monoisotopic (exact) mass is 342 g/mol. The van der Waals surface area contributed by atoms with E-state index in [0.29, 0.717) is 0 Å². The summed E-state index contributed by atoms with van der Waals surface area (Å²) in [5.74, 6) is 0. The molecule has 0 unspecified atom stereocenters. The summed E-state index contributed by atoms with van der Waals surface area (Å²) in [4.78, 5) is 4.76. The minimum Gasteiger partial charge on any atom is -0.306 e. The quantitative estimate of drug-likeness (QED) is 0.622. The summed E-state index contributed by atoms with van der Waals surface area (Å²) in [6, 6.07) is 11.1. The first-order valence-electron chi connectivity index (χ1n) is 7.37. The maximum absolute atomic E-state index is 4.76. The van der Waals surface area contributed by atoms with E-state index in [0.717, 1.165) is 11.3 Å². The van der Waals surface area contributed by atoms with E-state index in [1.54, 1.807) is 0 Å². The molecule has 3 heteroatoms. The lowest BCUT2D eigenvalue weighted by Crippen LogP contribution is -2.02. The van der Waals surface area contributed by atoms with Crippen LogP contribution >= 0.6 is 17.0 Å². The van der Waals surface area contributed by atoms with Crippen LogP contribution in [0.5, 0.6) is 0 Å². The van der Waals surface area contributed by atoms with Crippen molar-refractivity contribution >= 4 is 22.6 Å². The van der Waals surface area contributed by atoms with Gasteiger partial charge in [-0.05, 0) is 67.5 Å². The lowest BCUT2D eigenvalue weighted by Gasteiger charge is -2.15. The van der Waals surface area contributed by atoms with E-state index in [1.807, 2.05) is 0 Å². The van der Waals surface area contributed by atoms with Crippen LogP contribution in [0.1, 0.15) is 29.5 Å². The fourth-order valence-corrected chi connectivity index (χ4v) is 3.12. The zero-order valence-corrected chi connectivity index (χ0v) is 13.9. The van der Waals surface area contributed by atoms with Crippen LogP contribution in [0.3, 0.4) is 0 Å². The molecule has 0 spiro atoms. The van der Waals surface area contributed by atoms with E-state index in [4.69, 9.17) is 4.98 Å². The van der Waals surface area contributed by atoms with Crippen LogP contribution in [0.25, 0.3) is 16.9 Å². The molecule has 2 nitrogen and oxygen atoms in total. The first-order valence-corrected chi connectivity index (χ1v) is 7.37. The van der Waals surface area contributed by atoms with E-state index in [9.17, 15) is 0 Å². The van der Waals surface area contributed by atoms with Gasteiger partial charge in [0.2, 0.25) is 0 Å². The molecule has 1 aliphatic rings. The number of nitrogens with zero attached hydrogens (tertiary/aromatic N) is 2. The molecule has 2 aromatic heterocycles. The van der Waals surface area contributed by atoms with Crippen LogP contribution in [0.4, 0.5) is 0 Å². The SMILES string of the molecule is Br.Cc1ccn2cc(-c3ccc4c(c3)CCCC4)nc2c1. The van der Waals surface area contributed by atoms with Crippen molar-refractivity contribution in [1.29, 1.82) is 0 Å². The number of fused-ring (bicyclic) bond motifs is 2. The van der Waals surface area contributed by atoms with Gasteiger partial charge in [0.05, 0.1) is 5.69 Å². The van der Waals surface area contributed by atoms with Crippen LogP contribution < -0.4 is 0 Å². The number of aryl methyl sites for hydroxylation is 3. The van der Waals surface area contributed by atoms with Crippen LogP contribution in [-0.4, -0.2) is 9.38 Å². The van der Waals surface area contributed by atoms with Gasteiger partial charge in [0, 0.05) is 18.0 Å². The van der Waals surface area contributed by atoms with Gasteiger partial charge in [-0.3, -0.25) is 0 Å². The molecule has 0 aliphatic heterocycles. The third kappa shape index (κ3) is 2.62. The molecular weight excluding hydrogens is 324 g/mol. The minimum absolute atomic E-state index is 0. The maximum Gasteiger partial charge on any atom is 0.137 e. The van der Waals surface area contributed by atoms with Crippen molar-refractivity contribution in [2.24, 2.45) is 0 Å². The van der Waals surface area contributed by atoms with Crippen molar-refractivity contribution in [3.05, 3.63) is 59.4 Å². The topological polar surface area (TPSA) is 17.3 Å². The first-order chi connectivity index (χ1) is 9.79. The zero-order chi connectivity index (χ0) is 13.5. The zero-order valence-electron chi connectivity index (χ0n) is 12.2. The van der Waals surface area contributed by atoms with Crippen molar-refractivity contribution < 1.29 is 0 Å². The second-order valence-corrected chi connectivity index (χ2v) is 5.79. The summed E-state index contributed by atoms with van der Waals surface area (Å²) in [6.07, 6.45) is 9.31. The average molecular weight is 343 g/mol. The van der Waals surface area contributed by atoms with E-state index in [2.05, 4.69) is 54.0 Å².